The SMILES string of the molecule is COc1ccc(CN2CC[C@H](N)C2)cc1F. The fourth-order valence-corrected chi connectivity index (χ4v) is 2.07. The molecule has 3 nitrogen and oxygen atoms in total. The maximum absolute atomic E-state index is 13.4. The standard InChI is InChI=1S/C12H17FN2O/c1-16-12-3-2-9(6-11(12)13)7-15-5-4-10(14)8-15/h2-3,6,10H,4-5,7-8,14H2,1H3/t10-/m0/s1. The first-order chi connectivity index (χ1) is 7.69. The number of nitrogens with zero attached hydrogens (tertiary/aromatic N) is 1. The minimum atomic E-state index is -0.302. The summed E-state index contributed by atoms with van der Waals surface area (Å²) in [7, 11) is 1.47. The summed E-state index contributed by atoms with van der Waals surface area (Å²) in [6, 6.07) is 5.36. The number of likely N-dealkylation sites (tertiary alicyclic amines) is 1. The van der Waals surface area contributed by atoms with E-state index in [9.17, 15) is 4.39 Å². The van der Waals surface area contributed by atoms with Crippen LogP contribution in [-0.2, 0) is 6.54 Å². The van der Waals surface area contributed by atoms with E-state index in [1.165, 1.54) is 13.2 Å². The van der Waals surface area contributed by atoms with Gasteiger partial charge in [0.1, 0.15) is 0 Å². The third-order valence-corrected chi connectivity index (χ3v) is 2.93. The number of methoxy groups -OCH3 is 1. The third kappa shape index (κ3) is 2.51. The Morgan fingerprint density at radius 3 is 2.94 bits per heavy atom. The molecule has 1 heterocycles. The molecule has 0 radical (unpaired) electrons. The highest BCUT2D eigenvalue weighted by atomic mass is 19.1. The van der Waals surface area contributed by atoms with E-state index in [1.54, 1.807) is 6.07 Å². The monoisotopic (exact) mass is 224 g/mol. The molecule has 0 unspecified atom stereocenters. The van der Waals surface area contributed by atoms with Gasteiger partial charge in [0, 0.05) is 25.7 Å². The second-order valence-corrected chi connectivity index (χ2v) is 4.25. The maximum Gasteiger partial charge on any atom is 0.165 e. The number of nitrogens with two attached hydrogens (primary N) is 1. The van der Waals surface area contributed by atoms with Gasteiger partial charge in [0.25, 0.3) is 0 Å². The van der Waals surface area contributed by atoms with Crippen molar-refractivity contribution in [2.75, 3.05) is 20.2 Å². The molecule has 1 fully saturated rings. The largest absolute Gasteiger partial charge is 0.494 e. The van der Waals surface area contributed by atoms with Crippen molar-refractivity contribution in [1.29, 1.82) is 0 Å². The van der Waals surface area contributed by atoms with Gasteiger partial charge in [-0.25, -0.2) is 4.39 Å². The molecule has 1 aromatic carbocycles. The van der Waals surface area contributed by atoms with Crippen LogP contribution < -0.4 is 10.5 Å². The summed E-state index contributed by atoms with van der Waals surface area (Å²) in [4.78, 5) is 2.24. The van der Waals surface area contributed by atoms with Crippen molar-refractivity contribution in [1.82, 2.24) is 4.90 Å². The molecule has 2 rings (SSSR count). The first-order valence-corrected chi connectivity index (χ1v) is 5.49. The summed E-state index contributed by atoms with van der Waals surface area (Å²) in [6.07, 6.45) is 1.03. The van der Waals surface area contributed by atoms with E-state index in [0.717, 1.165) is 31.6 Å². The number of hydrogen-bond donors (Lipinski definition) is 1. The Kier molecular flexibility index (Phi) is 3.41. The first-order valence-electron chi connectivity index (χ1n) is 5.49. The summed E-state index contributed by atoms with van der Waals surface area (Å²) in [6.45, 7) is 2.65. The van der Waals surface area contributed by atoms with Crippen LogP contribution in [0.2, 0.25) is 0 Å². The van der Waals surface area contributed by atoms with Crippen LogP contribution in [-0.4, -0.2) is 31.1 Å². The quantitative estimate of drug-likeness (QED) is 0.842. The zero-order chi connectivity index (χ0) is 11.5. The fourth-order valence-electron chi connectivity index (χ4n) is 2.07. The van der Waals surface area contributed by atoms with Gasteiger partial charge in [-0.3, -0.25) is 4.90 Å². The van der Waals surface area contributed by atoms with Crippen molar-refractivity contribution in [3.8, 4) is 5.75 Å². The highest BCUT2D eigenvalue weighted by molar-refractivity contribution is 5.29. The first kappa shape index (κ1) is 11.4. The Morgan fingerprint density at radius 2 is 2.38 bits per heavy atom. The Balaban J connectivity index is 2.02. The van der Waals surface area contributed by atoms with Crippen LogP contribution >= 0.6 is 0 Å². The Morgan fingerprint density at radius 1 is 1.56 bits per heavy atom. The number of ether oxygens (including phenoxy) is 1. The van der Waals surface area contributed by atoms with Gasteiger partial charge in [0.05, 0.1) is 7.11 Å². The van der Waals surface area contributed by atoms with Crippen molar-refractivity contribution < 1.29 is 9.13 Å². The van der Waals surface area contributed by atoms with E-state index in [0.29, 0.717) is 5.75 Å². The second kappa shape index (κ2) is 4.80. The normalized spacial score (nSPS) is 21.3. The molecule has 2 N–H and O–H groups in total. The lowest BCUT2D eigenvalue weighted by atomic mass is 10.2. The molecule has 16 heavy (non-hydrogen) atoms. The van der Waals surface area contributed by atoms with Crippen LogP contribution in [0.5, 0.6) is 5.75 Å². The third-order valence-electron chi connectivity index (χ3n) is 2.93. The maximum atomic E-state index is 13.4. The summed E-state index contributed by atoms with van der Waals surface area (Å²) in [5.41, 5.74) is 6.78. The Labute approximate surface area is 95.0 Å². The molecule has 0 bridgehead atoms. The molecular formula is C12H17FN2O. The summed E-state index contributed by atoms with van der Waals surface area (Å²) in [5.74, 6) is -0.00892. The van der Waals surface area contributed by atoms with Gasteiger partial charge in [-0.1, -0.05) is 6.07 Å². The predicted molar refractivity (Wildman–Crippen MR) is 60.8 cm³/mol. The summed E-state index contributed by atoms with van der Waals surface area (Å²) in [5, 5.41) is 0. The lowest BCUT2D eigenvalue weighted by molar-refractivity contribution is 0.325. The van der Waals surface area contributed by atoms with Crippen molar-refractivity contribution in [3.63, 3.8) is 0 Å². The molecule has 1 aromatic rings. The Hall–Kier alpha value is -1.13. The van der Waals surface area contributed by atoms with Crippen molar-refractivity contribution in [2.24, 2.45) is 5.73 Å². The number of hydrogen-bond acceptors (Lipinski definition) is 3. The van der Waals surface area contributed by atoms with Gasteiger partial charge >= 0.3 is 0 Å². The van der Waals surface area contributed by atoms with Crippen molar-refractivity contribution in [3.05, 3.63) is 29.6 Å². The molecule has 1 atom stereocenters. The van der Waals surface area contributed by atoms with E-state index in [1.807, 2.05) is 6.07 Å². The van der Waals surface area contributed by atoms with Gasteiger partial charge < -0.3 is 10.5 Å². The van der Waals surface area contributed by atoms with Gasteiger partial charge in [0.15, 0.2) is 11.6 Å². The summed E-state index contributed by atoms with van der Waals surface area (Å²) >= 11 is 0. The molecule has 1 aliphatic heterocycles. The highest BCUT2D eigenvalue weighted by Crippen LogP contribution is 2.19. The van der Waals surface area contributed by atoms with Crippen molar-refractivity contribution >= 4 is 0 Å². The average Bonchev–Trinajstić information content (AvgIpc) is 2.64. The molecule has 0 saturated carbocycles. The van der Waals surface area contributed by atoms with Gasteiger partial charge in [-0.2, -0.15) is 0 Å². The number of rotatable bonds is 3. The molecule has 1 aliphatic rings. The predicted octanol–water partition coefficient (Wildman–Crippen LogP) is 1.37. The molecule has 88 valence electrons. The topological polar surface area (TPSA) is 38.5 Å². The van der Waals surface area contributed by atoms with Gasteiger partial charge in [-0.05, 0) is 24.1 Å². The molecule has 1 saturated heterocycles. The van der Waals surface area contributed by atoms with Gasteiger partial charge in [-0.15, -0.1) is 0 Å². The van der Waals surface area contributed by atoms with Gasteiger partial charge in [0.2, 0.25) is 0 Å². The van der Waals surface area contributed by atoms with E-state index >= 15 is 0 Å². The molecule has 0 aromatic heterocycles. The van der Waals surface area contributed by atoms with Crippen LogP contribution in [0.1, 0.15) is 12.0 Å². The van der Waals surface area contributed by atoms with E-state index in [-0.39, 0.29) is 11.9 Å². The smallest absolute Gasteiger partial charge is 0.165 e. The zero-order valence-corrected chi connectivity index (χ0v) is 9.45. The second-order valence-electron chi connectivity index (χ2n) is 4.25. The van der Waals surface area contributed by atoms with Crippen LogP contribution in [0.3, 0.4) is 0 Å². The van der Waals surface area contributed by atoms with E-state index in [4.69, 9.17) is 10.5 Å². The van der Waals surface area contributed by atoms with Crippen LogP contribution in [0.25, 0.3) is 0 Å². The van der Waals surface area contributed by atoms with Crippen LogP contribution in [0, 0.1) is 5.82 Å². The van der Waals surface area contributed by atoms with E-state index in [2.05, 4.69) is 4.90 Å². The zero-order valence-electron chi connectivity index (χ0n) is 9.45. The highest BCUT2D eigenvalue weighted by Gasteiger charge is 2.19. The van der Waals surface area contributed by atoms with Crippen LogP contribution in [0.4, 0.5) is 4.39 Å². The van der Waals surface area contributed by atoms with E-state index < -0.39 is 0 Å². The number of benzene rings is 1. The molecule has 4 heteroatoms. The molecule has 0 spiro atoms. The summed E-state index contributed by atoms with van der Waals surface area (Å²) < 4.78 is 18.3. The lowest BCUT2D eigenvalue weighted by Gasteiger charge is -2.15. The number of halogens is 1. The molecular weight excluding hydrogens is 207 g/mol. The lowest BCUT2D eigenvalue weighted by Crippen LogP contribution is -2.26. The minimum Gasteiger partial charge on any atom is -0.494 e. The van der Waals surface area contributed by atoms with Crippen LogP contribution in [0.15, 0.2) is 18.2 Å². The Bertz CT molecular complexity index is 370. The fraction of sp³-hybridized carbons (Fsp3) is 0.500. The molecule has 0 aliphatic carbocycles. The average molecular weight is 224 g/mol. The molecule has 0 amide bonds. The van der Waals surface area contributed by atoms with Crippen molar-refractivity contribution in [2.45, 2.75) is 19.0 Å². The minimum absolute atomic E-state index is 0.267.